The number of allylic oxidation sites excluding steroid dienone is 1. The van der Waals surface area contributed by atoms with Crippen LogP contribution < -0.4 is 5.32 Å². The first-order chi connectivity index (χ1) is 7.36. The highest BCUT2D eigenvalue weighted by molar-refractivity contribution is 4.80. The highest BCUT2D eigenvalue weighted by Gasteiger charge is 2.16. The number of hydrogen-bond acceptors (Lipinski definition) is 1. The first-order valence-corrected chi connectivity index (χ1v) is 6.71. The van der Waals surface area contributed by atoms with Crippen molar-refractivity contribution in [2.24, 2.45) is 5.92 Å². The van der Waals surface area contributed by atoms with Crippen molar-refractivity contribution in [2.45, 2.75) is 64.8 Å². The summed E-state index contributed by atoms with van der Waals surface area (Å²) in [6.07, 6.45) is 14.1. The summed E-state index contributed by atoms with van der Waals surface area (Å²) in [6, 6.07) is 0.798. The number of rotatable bonds is 5. The monoisotopic (exact) mass is 209 g/mol. The van der Waals surface area contributed by atoms with Crippen LogP contribution in [0.25, 0.3) is 0 Å². The number of nitrogens with one attached hydrogen (secondary N) is 1. The van der Waals surface area contributed by atoms with Crippen LogP contribution in [0.4, 0.5) is 0 Å². The van der Waals surface area contributed by atoms with Crippen molar-refractivity contribution in [3.63, 3.8) is 0 Å². The van der Waals surface area contributed by atoms with Crippen molar-refractivity contribution in [3.05, 3.63) is 12.2 Å². The largest absolute Gasteiger partial charge is 0.314 e. The third-order valence-corrected chi connectivity index (χ3v) is 3.65. The van der Waals surface area contributed by atoms with Crippen molar-refractivity contribution in [1.29, 1.82) is 0 Å². The minimum absolute atomic E-state index is 0.798. The SMILES string of the molecule is C/C=C/CCNC1CCCC(CC)CC1. The number of hydrogen-bond donors (Lipinski definition) is 1. The molecule has 1 fully saturated rings. The molecule has 0 spiro atoms. The van der Waals surface area contributed by atoms with Gasteiger partial charge in [0.15, 0.2) is 0 Å². The lowest BCUT2D eigenvalue weighted by molar-refractivity contribution is 0.427. The Morgan fingerprint density at radius 1 is 1.20 bits per heavy atom. The lowest BCUT2D eigenvalue weighted by atomic mass is 9.98. The molecule has 0 saturated heterocycles. The Labute approximate surface area is 95.3 Å². The lowest BCUT2D eigenvalue weighted by Crippen LogP contribution is -2.29. The molecule has 2 atom stereocenters. The van der Waals surface area contributed by atoms with Gasteiger partial charge in [-0.15, -0.1) is 0 Å². The van der Waals surface area contributed by atoms with E-state index in [-0.39, 0.29) is 0 Å². The van der Waals surface area contributed by atoms with Gasteiger partial charge in [0.05, 0.1) is 0 Å². The Morgan fingerprint density at radius 2 is 2.07 bits per heavy atom. The zero-order chi connectivity index (χ0) is 10.9. The maximum atomic E-state index is 3.69. The molecular formula is C14H27N. The summed E-state index contributed by atoms with van der Waals surface area (Å²) in [4.78, 5) is 0. The molecule has 0 aromatic heterocycles. The zero-order valence-electron chi connectivity index (χ0n) is 10.5. The van der Waals surface area contributed by atoms with Gasteiger partial charge < -0.3 is 5.32 Å². The van der Waals surface area contributed by atoms with E-state index in [0.717, 1.165) is 18.5 Å². The molecule has 1 heteroatoms. The molecule has 0 aromatic rings. The van der Waals surface area contributed by atoms with Crippen molar-refractivity contribution >= 4 is 0 Å². The predicted octanol–water partition coefficient (Wildman–Crippen LogP) is 3.90. The Balaban J connectivity index is 2.14. The Hall–Kier alpha value is -0.300. The van der Waals surface area contributed by atoms with E-state index in [1.54, 1.807) is 0 Å². The summed E-state index contributed by atoms with van der Waals surface area (Å²) < 4.78 is 0. The molecule has 1 N–H and O–H groups in total. The zero-order valence-corrected chi connectivity index (χ0v) is 10.5. The highest BCUT2D eigenvalue weighted by Crippen LogP contribution is 2.25. The summed E-state index contributed by atoms with van der Waals surface area (Å²) in [5.74, 6) is 1.01. The molecule has 1 rings (SSSR count). The van der Waals surface area contributed by atoms with Crippen molar-refractivity contribution in [3.8, 4) is 0 Å². The van der Waals surface area contributed by atoms with Crippen molar-refractivity contribution < 1.29 is 0 Å². The normalized spacial score (nSPS) is 28.1. The minimum Gasteiger partial charge on any atom is -0.314 e. The standard InChI is InChI=1S/C14H27N/c1-3-5-6-12-15-14-9-7-8-13(4-2)10-11-14/h3,5,13-15H,4,6-12H2,1-2H3/b5-3+. The molecule has 0 heterocycles. The second-order valence-corrected chi connectivity index (χ2v) is 4.79. The molecule has 15 heavy (non-hydrogen) atoms. The highest BCUT2D eigenvalue weighted by atomic mass is 14.9. The maximum absolute atomic E-state index is 3.69. The second kappa shape index (κ2) is 7.92. The first-order valence-electron chi connectivity index (χ1n) is 6.71. The Kier molecular flexibility index (Phi) is 6.74. The van der Waals surface area contributed by atoms with Gasteiger partial charge in [-0.2, -0.15) is 0 Å². The Morgan fingerprint density at radius 3 is 2.80 bits per heavy atom. The van der Waals surface area contributed by atoms with E-state index in [9.17, 15) is 0 Å². The van der Waals surface area contributed by atoms with Gasteiger partial charge in [-0.3, -0.25) is 0 Å². The molecule has 1 aliphatic rings. The van der Waals surface area contributed by atoms with Crippen LogP contribution in [0.2, 0.25) is 0 Å². The molecule has 88 valence electrons. The molecule has 0 aromatic carbocycles. The van der Waals surface area contributed by atoms with E-state index in [4.69, 9.17) is 0 Å². The fraction of sp³-hybridized carbons (Fsp3) is 0.857. The average Bonchev–Trinajstić information content (AvgIpc) is 2.49. The van der Waals surface area contributed by atoms with Crippen LogP contribution in [0.1, 0.15) is 58.8 Å². The summed E-state index contributed by atoms with van der Waals surface area (Å²) >= 11 is 0. The molecule has 1 saturated carbocycles. The van der Waals surface area contributed by atoms with Crippen LogP contribution in [-0.4, -0.2) is 12.6 Å². The molecule has 2 unspecified atom stereocenters. The van der Waals surface area contributed by atoms with Gasteiger partial charge in [0, 0.05) is 6.04 Å². The van der Waals surface area contributed by atoms with Gasteiger partial charge in [-0.05, 0) is 45.1 Å². The fourth-order valence-corrected chi connectivity index (χ4v) is 2.53. The molecular weight excluding hydrogens is 182 g/mol. The van der Waals surface area contributed by atoms with Crippen LogP contribution in [0.15, 0.2) is 12.2 Å². The summed E-state index contributed by atoms with van der Waals surface area (Å²) in [5, 5.41) is 3.69. The van der Waals surface area contributed by atoms with Crippen LogP contribution in [0.3, 0.4) is 0 Å². The third kappa shape index (κ3) is 5.36. The first kappa shape index (κ1) is 12.8. The van der Waals surface area contributed by atoms with E-state index in [1.807, 2.05) is 0 Å². The van der Waals surface area contributed by atoms with Gasteiger partial charge in [0.1, 0.15) is 0 Å². The van der Waals surface area contributed by atoms with E-state index in [0.29, 0.717) is 0 Å². The molecule has 0 radical (unpaired) electrons. The smallest absolute Gasteiger partial charge is 0.00672 e. The van der Waals surface area contributed by atoms with E-state index in [2.05, 4.69) is 31.3 Å². The molecule has 1 nitrogen and oxygen atoms in total. The molecule has 0 bridgehead atoms. The summed E-state index contributed by atoms with van der Waals surface area (Å²) in [6.45, 7) is 5.59. The van der Waals surface area contributed by atoms with Gasteiger partial charge >= 0.3 is 0 Å². The molecule has 0 amide bonds. The van der Waals surface area contributed by atoms with Crippen LogP contribution >= 0.6 is 0 Å². The van der Waals surface area contributed by atoms with Gasteiger partial charge in [-0.1, -0.05) is 38.3 Å². The van der Waals surface area contributed by atoms with E-state index in [1.165, 1.54) is 44.9 Å². The second-order valence-electron chi connectivity index (χ2n) is 4.79. The van der Waals surface area contributed by atoms with Crippen molar-refractivity contribution in [2.75, 3.05) is 6.54 Å². The van der Waals surface area contributed by atoms with E-state index >= 15 is 0 Å². The van der Waals surface area contributed by atoms with Crippen LogP contribution in [0.5, 0.6) is 0 Å². The third-order valence-electron chi connectivity index (χ3n) is 3.65. The van der Waals surface area contributed by atoms with Gasteiger partial charge in [0.2, 0.25) is 0 Å². The fourth-order valence-electron chi connectivity index (χ4n) is 2.53. The topological polar surface area (TPSA) is 12.0 Å². The van der Waals surface area contributed by atoms with Crippen LogP contribution in [0, 0.1) is 5.92 Å². The summed E-state index contributed by atoms with van der Waals surface area (Å²) in [7, 11) is 0. The average molecular weight is 209 g/mol. The van der Waals surface area contributed by atoms with Crippen LogP contribution in [-0.2, 0) is 0 Å². The Bertz CT molecular complexity index is 174. The quantitative estimate of drug-likeness (QED) is 0.411. The van der Waals surface area contributed by atoms with Gasteiger partial charge in [0.25, 0.3) is 0 Å². The van der Waals surface area contributed by atoms with E-state index < -0.39 is 0 Å². The van der Waals surface area contributed by atoms with Crippen molar-refractivity contribution in [1.82, 2.24) is 5.32 Å². The predicted molar refractivity (Wildman–Crippen MR) is 68.1 cm³/mol. The molecule has 1 aliphatic carbocycles. The maximum Gasteiger partial charge on any atom is 0.00672 e. The summed E-state index contributed by atoms with van der Waals surface area (Å²) in [5.41, 5.74) is 0. The minimum atomic E-state index is 0.798. The lowest BCUT2D eigenvalue weighted by Gasteiger charge is -2.15. The molecule has 0 aliphatic heterocycles. The van der Waals surface area contributed by atoms with Gasteiger partial charge in [-0.25, -0.2) is 0 Å².